The number of ether oxygens (including phenoxy) is 2. The number of thioether (sulfide) groups is 1. The van der Waals surface area contributed by atoms with Crippen LogP contribution in [0.2, 0.25) is 0 Å². The number of amides is 2. The Hall–Kier alpha value is -2.25. The van der Waals surface area contributed by atoms with E-state index in [9.17, 15) is 63.0 Å². The molecule has 0 spiro atoms. The first-order chi connectivity index (χ1) is 32.6. The van der Waals surface area contributed by atoms with Gasteiger partial charge in [-0.1, -0.05) is 25.6 Å². The van der Waals surface area contributed by atoms with E-state index < -0.39 is 90.6 Å². The number of hydrogen-bond acceptors (Lipinski definition) is 21. The molecule has 3 heterocycles. The predicted molar refractivity (Wildman–Crippen MR) is 272 cm³/mol. The highest BCUT2D eigenvalue weighted by Gasteiger charge is 2.50. The molecule has 2 aromatic carbocycles. The molecule has 386 valence electrons. The number of fused-ring (bicyclic) bond motifs is 1. The van der Waals surface area contributed by atoms with E-state index in [1.807, 2.05) is 34.7 Å². The lowest BCUT2D eigenvalue weighted by molar-refractivity contribution is -0.137. The third-order valence-corrected chi connectivity index (χ3v) is 16.3. The van der Waals surface area contributed by atoms with Gasteiger partial charge in [0.1, 0.15) is 47.8 Å². The minimum Gasteiger partial charge on any atom is -0.507 e. The van der Waals surface area contributed by atoms with E-state index in [4.69, 9.17) is 30.0 Å². The van der Waals surface area contributed by atoms with Crippen LogP contribution in [0.15, 0.2) is 43.0 Å². The second-order valence-electron chi connectivity index (χ2n) is 15.7. The van der Waals surface area contributed by atoms with E-state index in [-0.39, 0.29) is 59.5 Å². The number of phosphoric acid groups is 3. The van der Waals surface area contributed by atoms with Gasteiger partial charge in [-0.15, -0.1) is 0 Å². The van der Waals surface area contributed by atoms with Crippen LogP contribution < -0.4 is 26.8 Å². The van der Waals surface area contributed by atoms with Crippen molar-refractivity contribution in [3.05, 3.63) is 59.3 Å². The number of imidazole rings is 1. The molecule has 7 unspecified atom stereocenters. The minimum atomic E-state index is -5.61. The fraction of sp³-hybridized carbons (Fsp3) is 0.444. The SMILES string of the molecule is CC(C)(COP(=O)(O)OP(=O)(O)OCC1OC(n2cnc3c(N)ncnc32)C(O)C1OP(=O)(O)O)C(O)C(=O)NCCC(=O)NCCSC(=O)[C@@H](N)Cc1cc(I)c(Oc2ccc(O)c(I)c2)c(I)c1. The number of nitrogens with one attached hydrogen (secondary N) is 2. The molecule has 1 aliphatic rings. The van der Waals surface area contributed by atoms with Crippen molar-refractivity contribution in [1.29, 1.82) is 0 Å². The zero-order chi connectivity index (χ0) is 51.9. The Kier molecular flexibility index (Phi) is 20.8. The molecule has 1 aliphatic heterocycles. The van der Waals surface area contributed by atoms with Crippen LogP contribution in [0.25, 0.3) is 11.2 Å². The Morgan fingerprint density at radius 1 is 0.971 bits per heavy atom. The summed E-state index contributed by atoms with van der Waals surface area (Å²) in [7, 11) is -16.5. The summed E-state index contributed by atoms with van der Waals surface area (Å²) in [6, 6.07) is 7.78. The van der Waals surface area contributed by atoms with Crippen molar-refractivity contribution < 1.29 is 90.3 Å². The Bertz CT molecular complexity index is 2680. The molecule has 13 N–H and O–H groups in total. The monoisotopic (exact) mass is 1400 g/mol. The second-order valence-corrected chi connectivity index (χ2v) is 24.5. The van der Waals surface area contributed by atoms with Gasteiger partial charge in [-0.05, 0) is 110 Å². The van der Waals surface area contributed by atoms with Crippen molar-refractivity contribution in [2.75, 3.05) is 37.8 Å². The maximum absolute atomic E-state index is 12.8. The number of rotatable bonds is 24. The summed E-state index contributed by atoms with van der Waals surface area (Å²) in [5.74, 6) is -0.0449. The number of aliphatic hydroxyl groups is 2. The third kappa shape index (κ3) is 16.6. The topological polar surface area (TPSA) is 419 Å². The number of anilines is 1. The van der Waals surface area contributed by atoms with Gasteiger partial charge in [0.2, 0.25) is 16.9 Å². The third-order valence-electron chi connectivity index (χ3n) is 9.70. The van der Waals surface area contributed by atoms with Gasteiger partial charge in [0, 0.05) is 30.7 Å². The molecule has 4 aromatic rings. The van der Waals surface area contributed by atoms with Crippen LogP contribution in [0.4, 0.5) is 5.82 Å². The molecule has 0 bridgehead atoms. The number of carbonyl (C=O) groups excluding carboxylic acids is 3. The van der Waals surface area contributed by atoms with Gasteiger partial charge in [0.05, 0.1) is 36.3 Å². The summed E-state index contributed by atoms with van der Waals surface area (Å²) in [5.41, 5.74) is 11.2. The van der Waals surface area contributed by atoms with Crippen molar-refractivity contribution in [2.45, 2.75) is 63.4 Å². The van der Waals surface area contributed by atoms with Crippen molar-refractivity contribution >= 4 is 137 Å². The van der Waals surface area contributed by atoms with Crippen LogP contribution in [0.1, 0.15) is 32.1 Å². The van der Waals surface area contributed by atoms with E-state index in [0.717, 1.165) is 41.7 Å². The molecule has 0 radical (unpaired) electrons. The maximum Gasteiger partial charge on any atom is 0.481 e. The summed E-state index contributed by atoms with van der Waals surface area (Å²) >= 11 is 7.20. The van der Waals surface area contributed by atoms with Gasteiger partial charge in [-0.25, -0.2) is 28.6 Å². The Morgan fingerprint density at radius 3 is 2.30 bits per heavy atom. The molecule has 2 aromatic heterocycles. The van der Waals surface area contributed by atoms with Crippen molar-refractivity contribution in [1.82, 2.24) is 30.2 Å². The molecule has 27 nitrogen and oxygen atoms in total. The summed E-state index contributed by atoms with van der Waals surface area (Å²) in [4.78, 5) is 89.2. The Labute approximate surface area is 442 Å². The molecule has 1 saturated heterocycles. The standard InChI is InChI=1S/C36H46I3N8O19P3S/c1-36(2,14-62-69(59,60)66-68(57,58)61-13-24-29(65-67(54,55)56)27(50)34(64-24)47-16-46-26-31(41)44-15-45-32(26)47)30(51)33(52)43-6-5-25(49)42-7-8-70-35(53)22(40)11-17-9-20(38)28(21(39)10-17)63-18-3-4-23(48)19(37)12-18/h3-4,9-10,12,15-16,22,24,27,29-30,34,48,50-51H,5-8,11,13-14,40H2,1-2H3,(H,42,49)(H,43,52)(H,57,58)(H,59,60)(H2,41,44,45)(H2,54,55,56)/t22-,24?,27?,29?,30?,34?/m0/s1. The molecular weight excluding hydrogens is 1350 g/mol. The van der Waals surface area contributed by atoms with E-state index in [0.29, 0.717) is 15.1 Å². The molecule has 34 heteroatoms. The molecular formula is C36H46I3N8O19P3S. The van der Waals surface area contributed by atoms with Gasteiger partial charge in [-0.2, -0.15) is 4.31 Å². The van der Waals surface area contributed by atoms with Crippen LogP contribution in [-0.2, 0) is 57.1 Å². The Balaban J connectivity index is 1.01. The summed E-state index contributed by atoms with van der Waals surface area (Å²) in [6.45, 7) is 0.257. The largest absolute Gasteiger partial charge is 0.507 e. The number of aromatic hydroxyl groups is 1. The number of phenolic OH excluding ortho intramolecular Hbond substituents is 1. The van der Waals surface area contributed by atoms with Crippen LogP contribution in [0.3, 0.4) is 0 Å². The molecule has 1 fully saturated rings. The quantitative estimate of drug-likeness (QED) is 0.0273. The smallest absolute Gasteiger partial charge is 0.481 e. The molecule has 5 rings (SSSR count). The fourth-order valence-corrected chi connectivity index (χ4v) is 12.4. The number of nitrogen functional groups attached to an aromatic ring is 1. The number of aromatic nitrogens is 4. The van der Waals surface area contributed by atoms with E-state index in [2.05, 4.69) is 79.6 Å². The van der Waals surface area contributed by atoms with Gasteiger partial charge in [-0.3, -0.25) is 32.5 Å². The lowest BCUT2D eigenvalue weighted by atomic mass is 9.87. The van der Waals surface area contributed by atoms with E-state index in [1.165, 1.54) is 19.9 Å². The number of benzene rings is 2. The first kappa shape index (κ1) is 58.6. The summed E-state index contributed by atoms with van der Waals surface area (Å²) < 4.78 is 70.7. The number of hydrogen-bond donors (Lipinski definition) is 11. The summed E-state index contributed by atoms with van der Waals surface area (Å²) in [5, 5.41) is 36.1. The molecule has 2 amide bonds. The van der Waals surface area contributed by atoms with Crippen molar-refractivity contribution in [2.24, 2.45) is 11.1 Å². The fourth-order valence-electron chi connectivity index (χ4n) is 6.22. The molecule has 0 saturated carbocycles. The van der Waals surface area contributed by atoms with Crippen molar-refractivity contribution in [3.8, 4) is 17.2 Å². The van der Waals surface area contributed by atoms with Gasteiger partial charge in [0.25, 0.3) is 0 Å². The van der Waals surface area contributed by atoms with Crippen LogP contribution in [-0.4, -0.2) is 134 Å². The zero-order valence-electron chi connectivity index (χ0n) is 36.3. The highest BCUT2D eigenvalue weighted by Crippen LogP contribution is 2.61. The zero-order valence-corrected chi connectivity index (χ0v) is 46.3. The maximum atomic E-state index is 12.8. The number of phosphoric ester groups is 3. The van der Waals surface area contributed by atoms with E-state index >= 15 is 0 Å². The second kappa shape index (κ2) is 24.9. The first-order valence-electron chi connectivity index (χ1n) is 20.0. The number of carbonyl (C=O) groups is 3. The Morgan fingerprint density at radius 2 is 1.64 bits per heavy atom. The lowest BCUT2D eigenvalue weighted by Crippen LogP contribution is -2.46. The van der Waals surface area contributed by atoms with Crippen molar-refractivity contribution in [3.63, 3.8) is 0 Å². The molecule has 8 atom stereocenters. The average molecular weight is 1400 g/mol. The number of nitrogens with two attached hydrogens (primary N) is 2. The average Bonchev–Trinajstić information content (AvgIpc) is 3.82. The van der Waals surface area contributed by atoms with Gasteiger partial charge in [0.15, 0.2) is 23.4 Å². The minimum absolute atomic E-state index is 0.0205. The van der Waals surface area contributed by atoms with Crippen LogP contribution in [0.5, 0.6) is 17.2 Å². The number of halogens is 3. The number of phenols is 1. The van der Waals surface area contributed by atoms with E-state index in [1.54, 1.807) is 12.1 Å². The van der Waals surface area contributed by atoms with Gasteiger partial charge >= 0.3 is 23.5 Å². The van der Waals surface area contributed by atoms with Crippen LogP contribution >= 0.6 is 103 Å². The number of nitrogens with zero attached hydrogens (tertiary/aromatic N) is 4. The normalized spacial score (nSPS) is 20.1. The first-order valence-corrected chi connectivity index (χ1v) is 28.8. The predicted octanol–water partition coefficient (Wildman–Crippen LogP) is 2.55. The van der Waals surface area contributed by atoms with Crippen LogP contribution in [0, 0.1) is 16.1 Å². The number of aliphatic hydroxyl groups excluding tert-OH is 2. The van der Waals surface area contributed by atoms with Gasteiger partial charge < -0.3 is 66.5 Å². The lowest BCUT2D eigenvalue weighted by Gasteiger charge is -2.30. The highest BCUT2D eigenvalue weighted by molar-refractivity contribution is 14.1. The summed E-state index contributed by atoms with van der Waals surface area (Å²) in [6.07, 6.45) is -6.85. The highest BCUT2D eigenvalue weighted by atomic mass is 127. The molecule has 70 heavy (non-hydrogen) atoms. The molecule has 0 aliphatic carbocycles.